The molecule has 2 amide bonds. The number of carbonyl (C=O) groups is 2. The Morgan fingerprint density at radius 1 is 1.04 bits per heavy atom. The van der Waals surface area contributed by atoms with Crippen molar-refractivity contribution in [1.29, 1.82) is 0 Å². The third-order valence-corrected chi connectivity index (χ3v) is 7.32. The predicted octanol–water partition coefficient (Wildman–Crippen LogP) is 6.45. The maximum atomic E-state index is 14.3. The summed E-state index contributed by atoms with van der Waals surface area (Å²) in [5.41, 5.74) is -3.66. The van der Waals surface area contributed by atoms with Crippen molar-refractivity contribution in [3.8, 4) is 0 Å². The van der Waals surface area contributed by atoms with Gasteiger partial charge >= 0.3 is 6.18 Å². The van der Waals surface area contributed by atoms with E-state index in [4.69, 9.17) is 11.6 Å². The minimum atomic E-state index is -5.02. The molecule has 2 heterocycles. The SMILES string of the molecule is Cn1c(=NCC(F)F)n(CC(F)F)c2cc(NC(=O)c3cc(F)cc(C(F)(F)F)c3)c3c(c21)C(=O)NC3c1cc(F)ccc1Cl. The highest BCUT2D eigenvalue weighted by molar-refractivity contribution is 6.31. The third-order valence-electron chi connectivity index (χ3n) is 6.97. The number of alkyl halides is 7. The Morgan fingerprint density at radius 3 is 2.40 bits per heavy atom. The molecule has 3 aromatic carbocycles. The van der Waals surface area contributed by atoms with Crippen molar-refractivity contribution in [3.05, 3.63) is 92.6 Å². The predicted molar refractivity (Wildman–Crippen MR) is 143 cm³/mol. The van der Waals surface area contributed by atoms with Gasteiger partial charge in [0, 0.05) is 34.4 Å². The number of aryl methyl sites for hydroxylation is 1. The van der Waals surface area contributed by atoms with Crippen LogP contribution in [0.2, 0.25) is 5.02 Å². The van der Waals surface area contributed by atoms with Gasteiger partial charge in [-0.1, -0.05) is 11.6 Å². The van der Waals surface area contributed by atoms with Crippen molar-refractivity contribution in [2.45, 2.75) is 31.6 Å². The molecule has 1 aliphatic rings. The van der Waals surface area contributed by atoms with Crippen LogP contribution in [0.15, 0.2) is 47.5 Å². The van der Waals surface area contributed by atoms with E-state index < -0.39 is 78.4 Å². The van der Waals surface area contributed by atoms with Crippen molar-refractivity contribution >= 4 is 40.1 Å². The lowest BCUT2D eigenvalue weighted by molar-refractivity contribution is -0.137. The first-order valence-corrected chi connectivity index (χ1v) is 13.2. The number of aromatic nitrogens is 2. The molecule has 238 valence electrons. The van der Waals surface area contributed by atoms with Crippen LogP contribution in [0, 0.1) is 11.6 Å². The average molecular weight is 664 g/mol. The fraction of sp³-hybridized carbons (Fsp3) is 0.250. The van der Waals surface area contributed by atoms with Crippen LogP contribution in [-0.2, 0) is 19.8 Å². The smallest absolute Gasteiger partial charge is 0.341 e. The van der Waals surface area contributed by atoms with Crippen LogP contribution in [0.3, 0.4) is 0 Å². The molecule has 0 spiro atoms. The van der Waals surface area contributed by atoms with Crippen LogP contribution >= 0.6 is 11.6 Å². The van der Waals surface area contributed by atoms with Crippen LogP contribution in [-0.4, -0.2) is 40.3 Å². The molecule has 7 nitrogen and oxygen atoms in total. The summed E-state index contributed by atoms with van der Waals surface area (Å²) < 4.78 is 124. The second-order valence-corrected chi connectivity index (χ2v) is 10.3. The van der Waals surface area contributed by atoms with Gasteiger partial charge in [0.2, 0.25) is 5.62 Å². The Hall–Kier alpha value is -4.47. The number of amides is 2. The number of rotatable bonds is 7. The van der Waals surface area contributed by atoms with Gasteiger partial charge in [0.1, 0.15) is 18.2 Å². The quantitative estimate of drug-likeness (QED) is 0.223. The minimum Gasteiger partial charge on any atom is -0.341 e. The molecule has 0 bridgehead atoms. The molecule has 2 N–H and O–H groups in total. The highest BCUT2D eigenvalue weighted by Crippen LogP contribution is 2.43. The van der Waals surface area contributed by atoms with Gasteiger partial charge in [0.15, 0.2) is 0 Å². The van der Waals surface area contributed by atoms with E-state index in [0.29, 0.717) is 12.1 Å². The Bertz CT molecular complexity index is 1920. The fourth-order valence-electron chi connectivity index (χ4n) is 5.22. The van der Waals surface area contributed by atoms with Gasteiger partial charge in [0.25, 0.3) is 24.7 Å². The molecule has 1 aromatic heterocycles. The van der Waals surface area contributed by atoms with Crippen molar-refractivity contribution in [1.82, 2.24) is 14.5 Å². The highest BCUT2D eigenvalue weighted by atomic mass is 35.5. The van der Waals surface area contributed by atoms with Gasteiger partial charge < -0.3 is 19.8 Å². The first-order chi connectivity index (χ1) is 21.1. The van der Waals surface area contributed by atoms with Gasteiger partial charge in [-0.25, -0.2) is 31.3 Å². The Morgan fingerprint density at radius 2 is 1.76 bits per heavy atom. The van der Waals surface area contributed by atoms with Gasteiger partial charge in [-0.2, -0.15) is 13.2 Å². The molecular weight excluding hydrogens is 645 g/mol. The van der Waals surface area contributed by atoms with Crippen LogP contribution in [0.5, 0.6) is 0 Å². The Balaban J connectivity index is 1.81. The molecule has 1 unspecified atom stereocenters. The number of carbonyl (C=O) groups excluding carboxylic acids is 2. The molecule has 45 heavy (non-hydrogen) atoms. The highest BCUT2D eigenvalue weighted by Gasteiger charge is 2.38. The summed E-state index contributed by atoms with van der Waals surface area (Å²) in [6.45, 7) is -2.18. The number of anilines is 1. The Labute approximate surface area is 251 Å². The van der Waals surface area contributed by atoms with E-state index in [1.54, 1.807) is 0 Å². The van der Waals surface area contributed by atoms with E-state index in [2.05, 4.69) is 15.6 Å². The third kappa shape index (κ3) is 6.10. The number of benzene rings is 3. The summed E-state index contributed by atoms with van der Waals surface area (Å²) in [5.74, 6) is -4.32. The summed E-state index contributed by atoms with van der Waals surface area (Å²) in [5, 5.41) is 4.83. The van der Waals surface area contributed by atoms with Gasteiger partial charge in [-0.15, -0.1) is 0 Å². The van der Waals surface area contributed by atoms with E-state index in [9.17, 15) is 49.1 Å². The summed E-state index contributed by atoms with van der Waals surface area (Å²) in [4.78, 5) is 30.5. The molecule has 0 saturated heterocycles. The lowest BCUT2D eigenvalue weighted by atomic mass is 9.95. The van der Waals surface area contributed by atoms with Crippen LogP contribution in [0.1, 0.15) is 43.4 Å². The summed E-state index contributed by atoms with van der Waals surface area (Å²) in [7, 11) is 1.27. The number of nitrogens with one attached hydrogen (secondary N) is 2. The standard InChI is InChI=1S/C28H19ClF9N5O2/c1-42-24-18(43(10-20(34)35)27(42)39-9-19(32)33)8-17(40-25(44)11-4-12(28(36,37)38)6-14(31)5-11)21-22(24)26(45)41-23(21)15-7-13(30)2-3-16(15)29/h2-8,19-20,23H,9-10H2,1H3,(H,40,44)(H,41,45). The number of hydrogen-bond acceptors (Lipinski definition) is 3. The molecule has 0 saturated carbocycles. The molecule has 4 aromatic rings. The van der Waals surface area contributed by atoms with Gasteiger partial charge in [0.05, 0.1) is 34.7 Å². The first kappa shape index (κ1) is 31.9. The van der Waals surface area contributed by atoms with Crippen LogP contribution in [0.4, 0.5) is 45.2 Å². The van der Waals surface area contributed by atoms with Crippen molar-refractivity contribution in [2.75, 3.05) is 11.9 Å². The fourth-order valence-corrected chi connectivity index (χ4v) is 5.45. The van der Waals surface area contributed by atoms with Crippen LogP contribution in [0.25, 0.3) is 11.0 Å². The van der Waals surface area contributed by atoms with E-state index in [0.717, 1.165) is 27.3 Å². The maximum Gasteiger partial charge on any atom is 0.416 e. The average Bonchev–Trinajstić information content (AvgIpc) is 3.41. The first-order valence-electron chi connectivity index (χ1n) is 12.8. The normalized spacial score (nSPS) is 15.4. The summed E-state index contributed by atoms with van der Waals surface area (Å²) in [6, 6.07) is 4.04. The largest absolute Gasteiger partial charge is 0.416 e. The van der Waals surface area contributed by atoms with E-state index in [1.165, 1.54) is 13.1 Å². The molecule has 1 aliphatic heterocycles. The molecule has 17 heteroatoms. The zero-order valence-corrected chi connectivity index (χ0v) is 23.4. The Kier molecular flexibility index (Phi) is 8.37. The summed E-state index contributed by atoms with van der Waals surface area (Å²) >= 11 is 6.30. The minimum absolute atomic E-state index is 0.0130. The molecular formula is C28H19ClF9N5O2. The zero-order chi connectivity index (χ0) is 33.0. The number of imidazole rings is 1. The molecule has 0 aliphatic carbocycles. The topological polar surface area (TPSA) is 80.4 Å². The van der Waals surface area contributed by atoms with Gasteiger partial charge in [-0.05, 0) is 42.5 Å². The van der Waals surface area contributed by atoms with Crippen molar-refractivity contribution in [2.24, 2.45) is 12.0 Å². The molecule has 5 rings (SSSR count). The van der Waals surface area contributed by atoms with E-state index in [1.807, 2.05) is 0 Å². The number of halogens is 10. The monoisotopic (exact) mass is 663 g/mol. The second kappa shape index (κ2) is 11.8. The molecule has 0 radical (unpaired) electrons. The molecule has 0 fully saturated rings. The number of fused-ring (bicyclic) bond motifs is 3. The maximum absolute atomic E-state index is 14.3. The van der Waals surface area contributed by atoms with Crippen LogP contribution < -0.4 is 16.3 Å². The van der Waals surface area contributed by atoms with Gasteiger partial charge in [-0.3, -0.25) is 9.59 Å². The number of hydrogen-bond donors (Lipinski definition) is 2. The lowest BCUT2D eigenvalue weighted by Crippen LogP contribution is -2.28. The zero-order valence-electron chi connectivity index (χ0n) is 22.6. The lowest BCUT2D eigenvalue weighted by Gasteiger charge is -2.19. The van der Waals surface area contributed by atoms with Crippen molar-refractivity contribution in [3.63, 3.8) is 0 Å². The van der Waals surface area contributed by atoms with Crippen molar-refractivity contribution < 1.29 is 49.1 Å². The molecule has 1 atom stereocenters. The number of nitrogens with zero attached hydrogens (tertiary/aromatic N) is 3. The summed E-state index contributed by atoms with van der Waals surface area (Å²) in [6.07, 6.45) is -11.0. The van der Waals surface area contributed by atoms with E-state index in [-0.39, 0.29) is 44.5 Å². The second-order valence-electron chi connectivity index (χ2n) is 9.93. The van der Waals surface area contributed by atoms with E-state index >= 15 is 0 Å².